The minimum atomic E-state index is -0.109. The Balaban J connectivity index is 1.72. The van der Waals surface area contributed by atoms with Crippen LogP contribution in [-0.4, -0.2) is 26.2 Å². The van der Waals surface area contributed by atoms with E-state index in [0.717, 1.165) is 35.9 Å². The zero-order valence-electron chi connectivity index (χ0n) is 16.3. The number of carbonyl (C=O) groups excluding carboxylic acids is 1. The van der Waals surface area contributed by atoms with E-state index in [1.54, 1.807) is 7.11 Å². The number of methoxy groups -OCH3 is 1. The Bertz CT molecular complexity index is 686. The molecule has 0 aliphatic rings. The van der Waals surface area contributed by atoms with Crippen LogP contribution in [0.3, 0.4) is 0 Å². The molecule has 2 aromatic carbocycles. The van der Waals surface area contributed by atoms with E-state index < -0.39 is 0 Å². The number of nitrogens with one attached hydrogen (secondary N) is 2. The van der Waals surface area contributed by atoms with Crippen LogP contribution in [0.2, 0.25) is 0 Å². The van der Waals surface area contributed by atoms with Gasteiger partial charge in [0.15, 0.2) is 0 Å². The Morgan fingerprint density at radius 3 is 2.44 bits per heavy atom. The molecule has 0 atom stereocenters. The minimum Gasteiger partial charge on any atom is -0.497 e. The van der Waals surface area contributed by atoms with Gasteiger partial charge in [0.2, 0.25) is 5.91 Å². The van der Waals surface area contributed by atoms with E-state index in [0.29, 0.717) is 0 Å². The zero-order chi connectivity index (χ0) is 19.3. The van der Waals surface area contributed by atoms with Gasteiger partial charge >= 0.3 is 0 Å². The van der Waals surface area contributed by atoms with Crippen molar-refractivity contribution >= 4 is 17.3 Å². The second-order valence-corrected chi connectivity index (χ2v) is 6.42. The van der Waals surface area contributed by atoms with Crippen molar-refractivity contribution in [2.45, 2.75) is 39.0 Å². The molecule has 2 aromatic rings. The zero-order valence-corrected chi connectivity index (χ0v) is 16.3. The summed E-state index contributed by atoms with van der Waals surface area (Å²) >= 11 is 0. The molecule has 0 spiro atoms. The van der Waals surface area contributed by atoms with Crippen molar-refractivity contribution in [3.63, 3.8) is 0 Å². The highest BCUT2D eigenvalue weighted by Crippen LogP contribution is 2.18. The monoisotopic (exact) mass is 370 g/mol. The van der Waals surface area contributed by atoms with E-state index in [1.165, 1.54) is 25.7 Å². The number of hydrogen-bond acceptors (Lipinski definition) is 4. The average molecular weight is 370 g/mol. The highest BCUT2D eigenvalue weighted by atomic mass is 16.5. The van der Waals surface area contributed by atoms with Crippen LogP contribution in [0.4, 0.5) is 11.4 Å². The van der Waals surface area contributed by atoms with Gasteiger partial charge in [-0.2, -0.15) is 0 Å². The molecule has 0 aliphatic carbocycles. The molecule has 0 heterocycles. The summed E-state index contributed by atoms with van der Waals surface area (Å²) in [5.41, 5.74) is 1.60. The topological polar surface area (TPSA) is 59.6 Å². The Labute approximate surface area is 162 Å². The van der Waals surface area contributed by atoms with Crippen LogP contribution >= 0.6 is 0 Å². The molecule has 5 heteroatoms. The molecule has 2 N–H and O–H groups in total. The molecule has 0 radical (unpaired) electrons. The summed E-state index contributed by atoms with van der Waals surface area (Å²) in [6.45, 7) is 3.13. The van der Waals surface area contributed by atoms with Crippen LogP contribution in [0.25, 0.3) is 0 Å². The first-order chi connectivity index (χ1) is 13.2. The van der Waals surface area contributed by atoms with Crippen LogP contribution in [-0.2, 0) is 4.79 Å². The predicted octanol–water partition coefficient (Wildman–Crippen LogP) is 5.10. The first-order valence-electron chi connectivity index (χ1n) is 9.62. The second kappa shape index (κ2) is 11.8. The van der Waals surface area contributed by atoms with Crippen molar-refractivity contribution < 1.29 is 14.3 Å². The van der Waals surface area contributed by atoms with Crippen LogP contribution < -0.4 is 20.1 Å². The molecule has 0 unspecified atom stereocenters. The molecule has 1 amide bonds. The summed E-state index contributed by atoms with van der Waals surface area (Å²) in [4.78, 5) is 12.1. The lowest BCUT2D eigenvalue weighted by Gasteiger charge is -2.10. The third-order valence-electron chi connectivity index (χ3n) is 4.18. The number of hydrogen-bond donors (Lipinski definition) is 2. The normalized spacial score (nSPS) is 10.3. The molecule has 0 fully saturated rings. The molecule has 0 saturated carbocycles. The van der Waals surface area contributed by atoms with Crippen LogP contribution in [0, 0.1) is 0 Å². The van der Waals surface area contributed by atoms with Crippen molar-refractivity contribution in [1.82, 2.24) is 0 Å². The predicted molar refractivity (Wildman–Crippen MR) is 111 cm³/mol. The van der Waals surface area contributed by atoms with Crippen molar-refractivity contribution in [2.24, 2.45) is 0 Å². The molecule has 146 valence electrons. The number of benzene rings is 2. The van der Waals surface area contributed by atoms with E-state index in [-0.39, 0.29) is 12.5 Å². The van der Waals surface area contributed by atoms with E-state index in [1.807, 2.05) is 48.5 Å². The molecule has 0 aliphatic heterocycles. The molecular weight excluding hydrogens is 340 g/mol. The number of rotatable bonds is 12. The van der Waals surface area contributed by atoms with E-state index in [2.05, 4.69) is 17.6 Å². The standard InChI is InChI=1S/C22H30N2O3/c1-3-4-5-6-7-15-27-21-10-8-9-19(16-21)23-17-22(25)24-18-11-13-20(26-2)14-12-18/h8-14,16,23H,3-7,15,17H2,1-2H3,(H,24,25). The number of ether oxygens (including phenoxy) is 2. The molecule has 0 saturated heterocycles. The Morgan fingerprint density at radius 1 is 0.926 bits per heavy atom. The largest absolute Gasteiger partial charge is 0.497 e. The van der Waals surface area contributed by atoms with Gasteiger partial charge < -0.3 is 20.1 Å². The fourth-order valence-electron chi connectivity index (χ4n) is 2.65. The van der Waals surface area contributed by atoms with Crippen LogP contribution in [0.5, 0.6) is 11.5 Å². The average Bonchev–Trinajstić information content (AvgIpc) is 2.70. The summed E-state index contributed by atoms with van der Waals surface area (Å²) < 4.78 is 10.9. The number of unbranched alkanes of at least 4 members (excludes halogenated alkanes) is 4. The summed E-state index contributed by atoms with van der Waals surface area (Å²) in [5, 5.41) is 5.98. The third kappa shape index (κ3) is 8.03. The van der Waals surface area contributed by atoms with Crippen LogP contribution in [0.15, 0.2) is 48.5 Å². The molecule has 0 aromatic heterocycles. The van der Waals surface area contributed by atoms with E-state index in [9.17, 15) is 4.79 Å². The van der Waals surface area contributed by atoms with Crippen molar-refractivity contribution in [1.29, 1.82) is 0 Å². The molecule has 27 heavy (non-hydrogen) atoms. The lowest BCUT2D eigenvalue weighted by Crippen LogP contribution is -2.21. The Hall–Kier alpha value is -2.69. The maximum atomic E-state index is 12.1. The van der Waals surface area contributed by atoms with Crippen molar-refractivity contribution in [3.05, 3.63) is 48.5 Å². The van der Waals surface area contributed by atoms with Crippen LogP contribution in [0.1, 0.15) is 39.0 Å². The third-order valence-corrected chi connectivity index (χ3v) is 4.18. The van der Waals surface area contributed by atoms with E-state index >= 15 is 0 Å². The summed E-state index contributed by atoms with van der Waals surface area (Å²) in [7, 11) is 1.61. The highest BCUT2D eigenvalue weighted by Gasteiger charge is 2.04. The minimum absolute atomic E-state index is 0.109. The maximum Gasteiger partial charge on any atom is 0.243 e. The quantitative estimate of drug-likeness (QED) is 0.511. The summed E-state index contributed by atoms with van der Waals surface area (Å²) in [6.07, 6.45) is 6.09. The summed E-state index contributed by atoms with van der Waals surface area (Å²) in [5.74, 6) is 1.47. The fourth-order valence-corrected chi connectivity index (χ4v) is 2.65. The van der Waals surface area contributed by atoms with Gasteiger partial charge in [0, 0.05) is 17.4 Å². The lowest BCUT2D eigenvalue weighted by atomic mass is 10.2. The van der Waals surface area contributed by atoms with Gasteiger partial charge in [0.25, 0.3) is 0 Å². The molecule has 2 rings (SSSR count). The van der Waals surface area contributed by atoms with Crippen molar-refractivity contribution in [2.75, 3.05) is 30.9 Å². The van der Waals surface area contributed by atoms with Gasteiger partial charge in [0.1, 0.15) is 11.5 Å². The van der Waals surface area contributed by atoms with Gasteiger partial charge in [-0.25, -0.2) is 0 Å². The number of amides is 1. The van der Waals surface area contributed by atoms with Gasteiger partial charge in [-0.3, -0.25) is 4.79 Å². The van der Waals surface area contributed by atoms with Crippen molar-refractivity contribution in [3.8, 4) is 11.5 Å². The highest BCUT2D eigenvalue weighted by molar-refractivity contribution is 5.93. The first kappa shape index (κ1) is 20.6. The smallest absolute Gasteiger partial charge is 0.243 e. The number of anilines is 2. The SMILES string of the molecule is CCCCCCCOc1cccc(NCC(=O)Nc2ccc(OC)cc2)c1. The molecular formula is C22H30N2O3. The number of carbonyl (C=O) groups is 1. The molecule has 5 nitrogen and oxygen atoms in total. The van der Waals surface area contributed by atoms with Gasteiger partial charge in [-0.05, 0) is 42.8 Å². The second-order valence-electron chi connectivity index (χ2n) is 6.42. The maximum absolute atomic E-state index is 12.1. The lowest BCUT2D eigenvalue weighted by molar-refractivity contribution is -0.114. The summed E-state index contributed by atoms with van der Waals surface area (Å²) in [6, 6.07) is 15.0. The Morgan fingerprint density at radius 2 is 1.70 bits per heavy atom. The van der Waals surface area contributed by atoms with E-state index in [4.69, 9.17) is 9.47 Å². The molecule has 0 bridgehead atoms. The van der Waals surface area contributed by atoms with Gasteiger partial charge in [0.05, 0.1) is 20.3 Å². The fraction of sp³-hybridized carbons (Fsp3) is 0.409. The van der Waals surface area contributed by atoms with Gasteiger partial charge in [-0.1, -0.05) is 38.7 Å². The first-order valence-corrected chi connectivity index (χ1v) is 9.62. The Kier molecular flexibility index (Phi) is 9.04. The van der Waals surface area contributed by atoms with Gasteiger partial charge in [-0.15, -0.1) is 0 Å².